The summed E-state index contributed by atoms with van der Waals surface area (Å²) in [5.74, 6) is -1.15. The lowest BCUT2D eigenvalue weighted by Gasteiger charge is -2.14. The highest BCUT2D eigenvalue weighted by Gasteiger charge is 2.19. The molecule has 120 valence electrons. The van der Waals surface area contributed by atoms with Crippen molar-refractivity contribution in [3.8, 4) is 0 Å². The third kappa shape index (κ3) is 4.23. The fourth-order valence-electron chi connectivity index (χ4n) is 2.20. The number of carbonyl (C=O) groups is 2. The quantitative estimate of drug-likeness (QED) is 0.805. The number of hydrogen-bond acceptors (Lipinski definition) is 3. The third-order valence-corrected chi connectivity index (χ3v) is 3.46. The number of aliphatic hydroxyl groups is 1. The summed E-state index contributed by atoms with van der Waals surface area (Å²) < 4.78 is 13.0. The Morgan fingerprint density at radius 1 is 1.09 bits per heavy atom. The molecule has 0 radical (unpaired) electrons. The second kappa shape index (κ2) is 7.65. The summed E-state index contributed by atoms with van der Waals surface area (Å²) in [5.41, 5.74) is 0.828. The number of halogens is 1. The minimum Gasteiger partial charge on any atom is -0.396 e. The minimum atomic E-state index is -0.426. The molecule has 1 amide bonds. The van der Waals surface area contributed by atoms with Crippen LogP contribution in [0.2, 0.25) is 0 Å². The van der Waals surface area contributed by atoms with Crippen molar-refractivity contribution in [1.29, 1.82) is 0 Å². The molecule has 0 fully saturated rings. The number of aliphatic hydroxyl groups excluding tert-OH is 1. The van der Waals surface area contributed by atoms with Gasteiger partial charge in [0.1, 0.15) is 5.82 Å². The highest BCUT2D eigenvalue weighted by Crippen LogP contribution is 2.15. The van der Waals surface area contributed by atoms with Gasteiger partial charge in [0.15, 0.2) is 5.78 Å². The predicted octanol–water partition coefficient (Wildman–Crippen LogP) is 2.56. The average molecular weight is 315 g/mol. The van der Waals surface area contributed by atoms with Crippen molar-refractivity contribution in [3.05, 3.63) is 71.0 Å². The van der Waals surface area contributed by atoms with Gasteiger partial charge in [-0.25, -0.2) is 4.39 Å². The summed E-state index contributed by atoms with van der Waals surface area (Å²) >= 11 is 0. The zero-order valence-electron chi connectivity index (χ0n) is 12.8. The second-order valence-electron chi connectivity index (χ2n) is 5.27. The molecule has 0 aromatic heterocycles. The molecule has 4 nitrogen and oxygen atoms in total. The van der Waals surface area contributed by atoms with Crippen LogP contribution in [0.4, 0.5) is 4.39 Å². The van der Waals surface area contributed by atoms with Crippen LogP contribution in [0.5, 0.6) is 0 Å². The lowest BCUT2D eigenvalue weighted by molar-refractivity contribution is 0.0924. The highest BCUT2D eigenvalue weighted by molar-refractivity contribution is 6.15. The van der Waals surface area contributed by atoms with E-state index in [2.05, 4.69) is 5.32 Å². The van der Waals surface area contributed by atoms with Crippen molar-refractivity contribution in [2.45, 2.75) is 19.4 Å². The van der Waals surface area contributed by atoms with Gasteiger partial charge in [-0.05, 0) is 43.7 Å². The van der Waals surface area contributed by atoms with Gasteiger partial charge in [0.2, 0.25) is 0 Å². The molecule has 0 heterocycles. The Morgan fingerprint density at radius 3 is 2.30 bits per heavy atom. The predicted molar refractivity (Wildman–Crippen MR) is 84.9 cm³/mol. The van der Waals surface area contributed by atoms with Crippen molar-refractivity contribution in [2.24, 2.45) is 0 Å². The SMILES string of the molecule is CC(CCO)NC(=O)c1ccccc1C(=O)c1ccc(F)cc1. The van der Waals surface area contributed by atoms with E-state index in [-0.39, 0.29) is 35.5 Å². The molecule has 0 saturated heterocycles. The normalized spacial score (nSPS) is 11.8. The minimum absolute atomic E-state index is 0.0302. The van der Waals surface area contributed by atoms with Gasteiger partial charge >= 0.3 is 0 Å². The number of benzene rings is 2. The Morgan fingerprint density at radius 2 is 1.70 bits per heavy atom. The van der Waals surface area contributed by atoms with Crippen molar-refractivity contribution in [3.63, 3.8) is 0 Å². The van der Waals surface area contributed by atoms with E-state index in [1.54, 1.807) is 31.2 Å². The van der Waals surface area contributed by atoms with Crippen LogP contribution in [0.25, 0.3) is 0 Å². The summed E-state index contributed by atoms with van der Waals surface area (Å²) in [7, 11) is 0. The zero-order valence-corrected chi connectivity index (χ0v) is 12.8. The lowest BCUT2D eigenvalue weighted by atomic mass is 9.97. The molecule has 0 saturated carbocycles. The van der Waals surface area contributed by atoms with Gasteiger partial charge in [0.05, 0.1) is 5.56 Å². The van der Waals surface area contributed by atoms with Crippen LogP contribution in [-0.4, -0.2) is 29.4 Å². The standard InChI is InChI=1S/C18H18FNO3/c1-12(10-11-21)20-18(23)16-5-3-2-4-15(16)17(22)13-6-8-14(19)9-7-13/h2-9,12,21H,10-11H2,1H3,(H,20,23). The zero-order chi connectivity index (χ0) is 16.8. The van der Waals surface area contributed by atoms with Gasteiger partial charge < -0.3 is 10.4 Å². The van der Waals surface area contributed by atoms with E-state index in [1.165, 1.54) is 24.3 Å². The number of nitrogens with one attached hydrogen (secondary N) is 1. The third-order valence-electron chi connectivity index (χ3n) is 3.46. The van der Waals surface area contributed by atoms with E-state index < -0.39 is 5.82 Å². The first-order valence-electron chi connectivity index (χ1n) is 7.34. The molecule has 2 aromatic carbocycles. The Labute approximate surface area is 134 Å². The summed E-state index contributed by atoms with van der Waals surface area (Å²) in [4.78, 5) is 24.9. The summed E-state index contributed by atoms with van der Waals surface area (Å²) in [6.45, 7) is 1.75. The van der Waals surface area contributed by atoms with Gasteiger partial charge in [-0.2, -0.15) is 0 Å². The summed E-state index contributed by atoms with van der Waals surface area (Å²) in [5, 5.41) is 11.6. The van der Waals surface area contributed by atoms with Crippen molar-refractivity contribution in [1.82, 2.24) is 5.32 Å². The van der Waals surface area contributed by atoms with E-state index >= 15 is 0 Å². The van der Waals surface area contributed by atoms with Crippen molar-refractivity contribution >= 4 is 11.7 Å². The molecule has 0 aliphatic heterocycles. The molecule has 23 heavy (non-hydrogen) atoms. The van der Waals surface area contributed by atoms with E-state index in [0.717, 1.165) is 0 Å². The Hall–Kier alpha value is -2.53. The first-order chi connectivity index (χ1) is 11.0. The van der Waals surface area contributed by atoms with Gasteiger partial charge in [0, 0.05) is 23.8 Å². The molecule has 0 aliphatic rings. The number of rotatable bonds is 6. The Kier molecular flexibility index (Phi) is 5.60. The lowest BCUT2D eigenvalue weighted by Crippen LogP contribution is -2.34. The number of carbonyl (C=O) groups excluding carboxylic acids is 2. The van der Waals surface area contributed by atoms with Crippen LogP contribution in [0.1, 0.15) is 39.6 Å². The maximum Gasteiger partial charge on any atom is 0.252 e. The highest BCUT2D eigenvalue weighted by atomic mass is 19.1. The van der Waals surface area contributed by atoms with Crippen molar-refractivity contribution in [2.75, 3.05) is 6.61 Å². The molecular formula is C18H18FNO3. The molecular weight excluding hydrogens is 297 g/mol. The van der Waals surface area contributed by atoms with Crippen molar-refractivity contribution < 1.29 is 19.1 Å². The van der Waals surface area contributed by atoms with Crippen LogP contribution in [-0.2, 0) is 0 Å². The monoisotopic (exact) mass is 315 g/mol. The molecule has 2 aromatic rings. The number of hydrogen-bond donors (Lipinski definition) is 2. The van der Waals surface area contributed by atoms with Crippen LogP contribution >= 0.6 is 0 Å². The first-order valence-corrected chi connectivity index (χ1v) is 7.34. The van der Waals surface area contributed by atoms with Gasteiger partial charge in [-0.1, -0.05) is 18.2 Å². The van der Waals surface area contributed by atoms with Crippen LogP contribution in [0.15, 0.2) is 48.5 Å². The van der Waals surface area contributed by atoms with Gasteiger partial charge in [-0.3, -0.25) is 9.59 Å². The molecule has 0 spiro atoms. The number of ketones is 1. The number of amides is 1. The summed E-state index contributed by atoms with van der Waals surface area (Å²) in [6, 6.07) is 11.5. The smallest absolute Gasteiger partial charge is 0.252 e. The average Bonchev–Trinajstić information content (AvgIpc) is 2.55. The van der Waals surface area contributed by atoms with Crippen LogP contribution in [0, 0.1) is 5.82 Å². The van der Waals surface area contributed by atoms with E-state index in [9.17, 15) is 14.0 Å². The molecule has 1 unspecified atom stereocenters. The fourth-order valence-corrected chi connectivity index (χ4v) is 2.20. The molecule has 1 atom stereocenters. The topological polar surface area (TPSA) is 66.4 Å². The Balaban J connectivity index is 2.28. The second-order valence-corrected chi connectivity index (χ2v) is 5.27. The molecule has 0 aliphatic carbocycles. The Bertz CT molecular complexity index is 698. The largest absolute Gasteiger partial charge is 0.396 e. The fraction of sp³-hybridized carbons (Fsp3) is 0.222. The maximum atomic E-state index is 13.0. The van der Waals surface area contributed by atoms with E-state index in [0.29, 0.717) is 12.0 Å². The maximum absolute atomic E-state index is 13.0. The van der Waals surface area contributed by atoms with E-state index in [1.807, 2.05) is 0 Å². The van der Waals surface area contributed by atoms with Gasteiger partial charge in [-0.15, -0.1) is 0 Å². The molecule has 2 rings (SSSR count). The molecule has 0 bridgehead atoms. The van der Waals surface area contributed by atoms with Crippen LogP contribution in [0.3, 0.4) is 0 Å². The molecule has 2 N–H and O–H groups in total. The van der Waals surface area contributed by atoms with Crippen LogP contribution < -0.4 is 5.32 Å². The first kappa shape index (κ1) is 16.8. The van der Waals surface area contributed by atoms with E-state index in [4.69, 9.17) is 5.11 Å². The molecule has 5 heteroatoms. The summed E-state index contributed by atoms with van der Waals surface area (Å²) in [6.07, 6.45) is 0.430. The van der Waals surface area contributed by atoms with Gasteiger partial charge in [0.25, 0.3) is 5.91 Å².